The fourth-order valence-corrected chi connectivity index (χ4v) is 2.32. The second kappa shape index (κ2) is 5.83. The van der Waals surface area contributed by atoms with Crippen LogP contribution in [0.4, 0.5) is 0 Å². The van der Waals surface area contributed by atoms with Gasteiger partial charge >= 0.3 is 0 Å². The monoisotopic (exact) mass is 252 g/mol. The average Bonchev–Trinajstić information content (AvgIpc) is 2.27. The second-order valence-electron chi connectivity index (χ2n) is 5.55. The van der Waals surface area contributed by atoms with Crippen molar-refractivity contribution in [1.29, 1.82) is 0 Å². The molecule has 1 rings (SSSR count). The van der Waals surface area contributed by atoms with E-state index >= 15 is 0 Å². The first-order chi connectivity index (χ1) is 8.30. The maximum Gasteiger partial charge on any atom is 0.0778 e. The zero-order valence-electron chi connectivity index (χ0n) is 11.6. The highest BCUT2D eigenvalue weighted by molar-refractivity contribution is 5.38. The highest BCUT2D eigenvalue weighted by atomic mass is 16.3. The molecule has 0 aromatic heterocycles. The molecule has 102 valence electrons. The van der Waals surface area contributed by atoms with Crippen molar-refractivity contribution in [2.24, 2.45) is 5.41 Å². The molecule has 1 aliphatic carbocycles. The van der Waals surface area contributed by atoms with Crippen LogP contribution in [0.1, 0.15) is 34.1 Å². The normalized spacial score (nSPS) is 29.2. The molecule has 0 aromatic carbocycles. The lowest BCUT2D eigenvalue weighted by Gasteiger charge is -2.39. The topological polar surface area (TPSA) is 60.7 Å². The van der Waals surface area contributed by atoms with E-state index in [1.807, 2.05) is 39.8 Å². The summed E-state index contributed by atoms with van der Waals surface area (Å²) in [5.74, 6) is 0. The van der Waals surface area contributed by atoms with Crippen LogP contribution in [0.5, 0.6) is 0 Å². The van der Waals surface area contributed by atoms with Crippen LogP contribution in [0.25, 0.3) is 0 Å². The van der Waals surface area contributed by atoms with Crippen LogP contribution in [0, 0.1) is 5.41 Å². The zero-order chi connectivity index (χ0) is 13.9. The summed E-state index contributed by atoms with van der Waals surface area (Å²) in [6, 6.07) is 0. The maximum atomic E-state index is 10.1. The molecule has 2 unspecified atom stereocenters. The molecule has 3 heteroatoms. The molecule has 2 atom stereocenters. The number of hydrogen-bond acceptors (Lipinski definition) is 3. The fourth-order valence-electron chi connectivity index (χ4n) is 2.32. The smallest absolute Gasteiger partial charge is 0.0778 e. The fraction of sp³-hybridized carbons (Fsp3) is 0.600. The summed E-state index contributed by atoms with van der Waals surface area (Å²) in [5, 5.41) is 28.8. The Kier molecular flexibility index (Phi) is 4.91. The van der Waals surface area contributed by atoms with Gasteiger partial charge < -0.3 is 15.3 Å². The average molecular weight is 252 g/mol. The van der Waals surface area contributed by atoms with Crippen LogP contribution in [0.2, 0.25) is 0 Å². The van der Waals surface area contributed by atoms with Crippen LogP contribution in [0.3, 0.4) is 0 Å². The van der Waals surface area contributed by atoms with Crippen molar-refractivity contribution < 1.29 is 15.3 Å². The van der Waals surface area contributed by atoms with E-state index in [-0.39, 0.29) is 12.0 Å². The molecule has 0 aromatic rings. The third-order valence-corrected chi connectivity index (χ3v) is 3.82. The lowest BCUT2D eigenvalue weighted by molar-refractivity contribution is 0.0181. The van der Waals surface area contributed by atoms with Gasteiger partial charge in [-0.05, 0) is 25.0 Å². The maximum absolute atomic E-state index is 10.1. The minimum absolute atomic E-state index is 0.0167. The van der Waals surface area contributed by atoms with Gasteiger partial charge in [-0.25, -0.2) is 0 Å². The summed E-state index contributed by atoms with van der Waals surface area (Å²) in [6.45, 7) is 7.80. The van der Waals surface area contributed by atoms with E-state index in [9.17, 15) is 10.2 Å². The summed E-state index contributed by atoms with van der Waals surface area (Å²) in [6.07, 6.45) is 4.83. The SMILES string of the molecule is CC1=C(/C=C/C(C)=C/CO)C(C)(C)C(O)CC1O. The quantitative estimate of drug-likeness (QED) is 0.673. The van der Waals surface area contributed by atoms with Crippen molar-refractivity contribution in [2.75, 3.05) is 6.61 Å². The van der Waals surface area contributed by atoms with Crippen molar-refractivity contribution in [2.45, 2.75) is 46.3 Å². The van der Waals surface area contributed by atoms with Gasteiger partial charge in [-0.1, -0.05) is 37.6 Å². The Morgan fingerprint density at radius 1 is 1.39 bits per heavy atom. The van der Waals surface area contributed by atoms with E-state index in [1.165, 1.54) is 0 Å². The minimum Gasteiger partial charge on any atom is -0.392 e. The van der Waals surface area contributed by atoms with Crippen molar-refractivity contribution >= 4 is 0 Å². The second-order valence-corrected chi connectivity index (χ2v) is 5.55. The van der Waals surface area contributed by atoms with Crippen molar-refractivity contribution in [3.8, 4) is 0 Å². The minimum atomic E-state index is -0.574. The van der Waals surface area contributed by atoms with Crippen molar-refractivity contribution in [3.63, 3.8) is 0 Å². The Labute approximate surface area is 109 Å². The van der Waals surface area contributed by atoms with E-state index in [4.69, 9.17) is 5.11 Å². The van der Waals surface area contributed by atoms with E-state index < -0.39 is 12.2 Å². The van der Waals surface area contributed by atoms with Gasteiger partial charge in [0, 0.05) is 11.8 Å². The molecular formula is C15H24O3. The van der Waals surface area contributed by atoms with Crippen molar-refractivity contribution in [3.05, 3.63) is 34.9 Å². The van der Waals surface area contributed by atoms with Gasteiger partial charge in [0.25, 0.3) is 0 Å². The zero-order valence-corrected chi connectivity index (χ0v) is 11.6. The van der Waals surface area contributed by atoms with Gasteiger partial charge in [-0.3, -0.25) is 0 Å². The molecule has 0 fully saturated rings. The summed E-state index contributed by atoms with van der Waals surface area (Å²) in [4.78, 5) is 0. The summed E-state index contributed by atoms with van der Waals surface area (Å²) >= 11 is 0. The lowest BCUT2D eigenvalue weighted by Crippen LogP contribution is -2.40. The van der Waals surface area contributed by atoms with Gasteiger partial charge in [-0.15, -0.1) is 0 Å². The molecule has 3 N–H and O–H groups in total. The Hall–Kier alpha value is -0.900. The Morgan fingerprint density at radius 3 is 2.56 bits per heavy atom. The summed E-state index contributed by atoms with van der Waals surface area (Å²) in [7, 11) is 0. The van der Waals surface area contributed by atoms with Crippen LogP contribution in [-0.2, 0) is 0 Å². The molecule has 0 spiro atoms. The number of hydrogen-bond donors (Lipinski definition) is 3. The standard InChI is InChI=1S/C15H24O3/c1-10(7-8-16)5-6-12-11(2)13(17)9-14(18)15(12,3)4/h5-7,13-14,16-18H,8-9H2,1-4H3/b6-5+,10-7+. The molecule has 0 amide bonds. The molecule has 0 heterocycles. The number of rotatable bonds is 3. The molecule has 3 nitrogen and oxygen atoms in total. The van der Waals surface area contributed by atoms with Gasteiger partial charge in [0.2, 0.25) is 0 Å². The predicted octanol–water partition coefficient (Wildman–Crippen LogP) is 1.95. The van der Waals surface area contributed by atoms with Crippen LogP contribution < -0.4 is 0 Å². The van der Waals surface area contributed by atoms with Gasteiger partial charge in [0.05, 0.1) is 18.8 Å². The van der Waals surface area contributed by atoms with Gasteiger partial charge in [-0.2, -0.15) is 0 Å². The highest BCUT2D eigenvalue weighted by Gasteiger charge is 2.38. The van der Waals surface area contributed by atoms with E-state index in [0.29, 0.717) is 6.42 Å². The van der Waals surface area contributed by atoms with Gasteiger partial charge in [0.1, 0.15) is 0 Å². The molecule has 1 aliphatic rings. The number of aliphatic hydroxyl groups excluding tert-OH is 3. The molecule has 18 heavy (non-hydrogen) atoms. The molecule has 0 saturated carbocycles. The Bertz CT molecular complexity index is 389. The summed E-state index contributed by atoms with van der Waals surface area (Å²) < 4.78 is 0. The first-order valence-corrected chi connectivity index (χ1v) is 6.33. The number of allylic oxidation sites excluding steroid dienone is 3. The third-order valence-electron chi connectivity index (χ3n) is 3.82. The Balaban J connectivity index is 3.09. The van der Waals surface area contributed by atoms with E-state index in [2.05, 4.69) is 0 Å². The molecular weight excluding hydrogens is 228 g/mol. The predicted molar refractivity (Wildman–Crippen MR) is 73.1 cm³/mol. The van der Waals surface area contributed by atoms with Crippen molar-refractivity contribution in [1.82, 2.24) is 0 Å². The largest absolute Gasteiger partial charge is 0.392 e. The van der Waals surface area contributed by atoms with Gasteiger partial charge in [0.15, 0.2) is 0 Å². The third kappa shape index (κ3) is 3.10. The molecule has 0 radical (unpaired) electrons. The molecule has 0 saturated heterocycles. The molecule has 0 bridgehead atoms. The summed E-state index contributed by atoms with van der Waals surface area (Å²) in [5.41, 5.74) is 2.49. The van der Waals surface area contributed by atoms with E-state index in [0.717, 1.165) is 16.7 Å². The Morgan fingerprint density at radius 2 is 2.00 bits per heavy atom. The van der Waals surface area contributed by atoms with Crippen LogP contribution in [0.15, 0.2) is 34.9 Å². The first-order valence-electron chi connectivity index (χ1n) is 6.33. The molecule has 0 aliphatic heterocycles. The van der Waals surface area contributed by atoms with Crippen LogP contribution in [-0.4, -0.2) is 34.1 Å². The first kappa shape index (κ1) is 15.2. The lowest BCUT2D eigenvalue weighted by atomic mass is 9.69. The number of aliphatic hydroxyl groups is 3. The van der Waals surface area contributed by atoms with E-state index in [1.54, 1.807) is 6.08 Å². The van der Waals surface area contributed by atoms with Crippen LogP contribution >= 0.6 is 0 Å². The highest BCUT2D eigenvalue weighted by Crippen LogP contribution is 2.41.